The summed E-state index contributed by atoms with van der Waals surface area (Å²) >= 11 is 1.26. The Kier molecular flexibility index (Phi) is 6.03. The van der Waals surface area contributed by atoms with Gasteiger partial charge in [0.05, 0.1) is 16.0 Å². The first-order valence-electron chi connectivity index (χ1n) is 9.85. The van der Waals surface area contributed by atoms with Crippen molar-refractivity contribution in [1.82, 2.24) is 14.2 Å². The number of likely N-dealkylation sites (tertiary alicyclic amines) is 1. The Labute approximate surface area is 177 Å². The highest BCUT2D eigenvalue weighted by atomic mass is 32.2. The van der Waals surface area contributed by atoms with E-state index in [9.17, 15) is 22.4 Å². The SMILES string of the molecule is O=C1CCCC(=O)N1CCS(=O)(=O)N1CCC(Oc2nc3ccc(F)cc3s2)CC1. The molecule has 0 aliphatic carbocycles. The Hall–Kier alpha value is -2.11. The zero-order chi connectivity index (χ0) is 21.3. The largest absolute Gasteiger partial charge is 0.467 e. The number of amides is 2. The van der Waals surface area contributed by atoms with Gasteiger partial charge in [0.15, 0.2) is 0 Å². The molecular formula is C19H22FN3O5S2. The predicted molar refractivity (Wildman–Crippen MR) is 109 cm³/mol. The monoisotopic (exact) mass is 455 g/mol. The molecule has 0 atom stereocenters. The molecule has 0 radical (unpaired) electrons. The van der Waals surface area contributed by atoms with Gasteiger partial charge < -0.3 is 4.74 Å². The molecule has 0 N–H and O–H groups in total. The highest BCUT2D eigenvalue weighted by molar-refractivity contribution is 7.89. The molecule has 0 saturated carbocycles. The van der Waals surface area contributed by atoms with Crippen molar-refractivity contribution < 1.29 is 27.1 Å². The summed E-state index contributed by atoms with van der Waals surface area (Å²) in [6, 6.07) is 4.36. The fourth-order valence-corrected chi connectivity index (χ4v) is 6.03. The van der Waals surface area contributed by atoms with Crippen LogP contribution in [0.4, 0.5) is 4.39 Å². The molecule has 0 bridgehead atoms. The molecule has 2 aromatic rings. The van der Waals surface area contributed by atoms with Crippen LogP contribution in [0.1, 0.15) is 32.1 Å². The first-order chi connectivity index (χ1) is 14.3. The van der Waals surface area contributed by atoms with Crippen LogP contribution < -0.4 is 4.74 Å². The summed E-state index contributed by atoms with van der Waals surface area (Å²) in [4.78, 5) is 29.1. The molecule has 0 unspecified atom stereocenters. The van der Waals surface area contributed by atoms with Gasteiger partial charge in [-0.25, -0.2) is 22.1 Å². The predicted octanol–water partition coefficient (Wildman–Crippen LogP) is 2.15. The van der Waals surface area contributed by atoms with Crippen LogP contribution in [-0.4, -0.2) is 65.9 Å². The number of thiazole rings is 1. The average molecular weight is 456 g/mol. The Morgan fingerprint density at radius 3 is 2.57 bits per heavy atom. The number of nitrogens with zero attached hydrogens (tertiary/aromatic N) is 3. The van der Waals surface area contributed by atoms with Gasteiger partial charge >= 0.3 is 0 Å². The Balaban J connectivity index is 1.30. The van der Waals surface area contributed by atoms with Crippen LogP contribution in [0.3, 0.4) is 0 Å². The fourth-order valence-electron chi connectivity index (χ4n) is 3.68. The second-order valence-corrected chi connectivity index (χ2v) is 10.5. The van der Waals surface area contributed by atoms with E-state index in [1.807, 2.05) is 0 Å². The lowest BCUT2D eigenvalue weighted by molar-refractivity contribution is -0.147. The number of imide groups is 1. The van der Waals surface area contributed by atoms with Crippen LogP contribution in [0, 0.1) is 5.82 Å². The second kappa shape index (κ2) is 8.56. The quantitative estimate of drug-likeness (QED) is 0.619. The molecule has 1 aromatic heterocycles. The number of benzene rings is 1. The van der Waals surface area contributed by atoms with Gasteiger partial charge in [-0.15, -0.1) is 0 Å². The third-order valence-electron chi connectivity index (χ3n) is 5.35. The molecule has 4 rings (SSSR count). The van der Waals surface area contributed by atoms with E-state index in [1.54, 1.807) is 6.07 Å². The van der Waals surface area contributed by atoms with E-state index >= 15 is 0 Å². The van der Waals surface area contributed by atoms with E-state index in [-0.39, 0.29) is 48.9 Å². The van der Waals surface area contributed by atoms with Gasteiger partial charge in [-0.05, 0) is 37.5 Å². The summed E-state index contributed by atoms with van der Waals surface area (Å²) in [6.45, 7) is 0.502. The van der Waals surface area contributed by atoms with Crippen LogP contribution in [0.15, 0.2) is 18.2 Å². The Morgan fingerprint density at radius 2 is 1.87 bits per heavy atom. The highest BCUT2D eigenvalue weighted by Gasteiger charge is 2.32. The molecule has 162 valence electrons. The van der Waals surface area contributed by atoms with Crippen LogP contribution in [-0.2, 0) is 19.6 Å². The van der Waals surface area contributed by atoms with E-state index in [0.29, 0.717) is 47.8 Å². The van der Waals surface area contributed by atoms with Crippen molar-refractivity contribution in [2.75, 3.05) is 25.4 Å². The molecule has 3 heterocycles. The first-order valence-corrected chi connectivity index (χ1v) is 12.3. The number of halogens is 1. The number of carbonyl (C=O) groups excluding carboxylic acids is 2. The van der Waals surface area contributed by atoms with Gasteiger partial charge in [-0.2, -0.15) is 0 Å². The van der Waals surface area contributed by atoms with Gasteiger partial charge in [0, 0.05) is 32.5 Å². The van der Waals surface area contributed by atoms with E-state index in [1.165, 1.54) is 27.8 Å². The smallest absolute Gasteiger partial charge is 0.274 e. The summed E-state index contributed by atoms with van der Waals surface area (Å²) in [5, 5.41) is 0.444. The summed E-state index contributed by atoms with van der Waals surface area (Å²) in [7, 11) is -3.57. The van der Waals surface area contributed by atoms with Gasteiger partial charge in [0.2, 0.25) is 21.8 Å². The van der Waals surface area contributed by atoms with Crippen molar-refractivity contribution >= 4 is 43.4 Å². The number of carbonyl (C=O) groups is 2. The molecular weight excluding hydrogens is 433 g/mol. The molecule has 2 fully saturated rings. The van der Waals surface area contributed by atoms with Crippen molar-refractivity contribution in [3.63, 3.8) is 0 Å². The average Bonchev–Trinajstić information content (AvgIpc) is 3.09. The van der Waals surface area contributed by atoms with Crippen LogP contribution in [0.2, 0.25) is 0 Å². The van der Waals surface area contributed by atoms with Gasteiger partial charge in [0.25, 0.3) is 5.19 Å². The molecule has 2 amide bonds. The van der Waals surface area contributed by atoms with Gasteiger partial charge in [-0.3, -0.25) is 14.5 Å². The molecule has 0 spiro atoms. The van der Waals surface area contributed by atoms with E-state index in [4.69, 9.17) is 4.74 Å². The molecule has 1 aromatic carbocycles. The van der Waals surface area contributed by atoms with E-state index in [0.717, 1.165) is 4.90 Å². The number of fused-ring (bicyclic) bond motifs is 1. The summed E-state index contributed by atoms with van der Waals surface area (Å²) in [5.41, 5.74) is 0.665. The zero-order valence-corrected chi connectivity index (χ0v) is 17.9. The van der Waals surface area contributed by atoms with Gasteiger partial charge in [-0.1, -0.05) is 11.3 Å². The Bertz CT molecular complexity index is 1050. The topological polar surface area (TPSA) is 96.9 Å². The lowest BCUT2D eigenvalue weighted by atomic mass is 10.1. The maximum atomic E-state index is 13.3. The van der Waals surface area contributed by atoms with Crippen molar-refractivity contribution in [2.45, 2.75) is 38.2 Å². The number of ether oxygens (including phenoxy) is 1. The molecule has 11 heteroatoms. The zero-order valence-electron chi connectivity index (χ0n) is 16.3. The van der Waals surface area contributed by atoms with Crippen LogP contribution in [0.5, 0.6) is 5.19 Å². The summed E-state index contributed by atoms with van der Waals surface area (Å²) < 4.78 is 46.6. The molecule has 8 nitrogen and oxygen atoms in total. The fraction of sp³-hybridized carbons (Fsp3) is 0.526. The van der Waals surface area contributed by atoms with Crippen molar-refractivity contribution in [1.29, 1.82) is 0 Å². The molecule has 2 saturated heterocycles. The lowest BCUT2D eigenvalue weighted by Gasteiger charge is -2.31. The number of hydrogen-bond acceptors (Lipinski definition) is 7. The maximum absolute atomic E-state index is 13.3. The number of aromatic nitrogens is 1. The summed E-state index contributed by atoms with van der Waals surface area (Å²) in [6.07, 6.45) is 1.93. The molecule has 2 aliphatic rings. The Morgan fingerprint density at radius 1 is 1.17 bits per heavy atom. The normalized spacial score (nSPS) is 19.6. The number of hydrogen-bond donors (Lipinski definition) is 0. The van der Waals surface area contributed by atoms with E-state index < -0.39 is 10.0 Å². The first kappa shape index (κ1) is 21.1. The maximum Gasteiger partial charge on any atom is 0.274 e. The van der Waals surface area contributed by atoms with Crippen molar-refractivity contribution in [3.05, 3.63) is 24.0 Å². The number of piperidine rings is 2. The van der Waals surface area contributed by atoms with Crippen LogP contribution in [0.25, 0.3) is 10.2 Å². The number of sulfonamides is 1. The third kappa shape index (κ3) is 4.62. The highest BCUT2D eigenvalue weighted by Crippen LogP contribution is 2.30. The summed E-state index contributed by atoms with van der Waals surface area (Å²) in [5.74, 6) is -1.20. The van der Waals surface area contributed by atoms with Gasteiger partial charge in [0.1, 0.15) is 11.9 Å². The third-order valence-corrected chi connectivity index (χ3v) is 8.11. The van der Waals surface area contributed by atoms with Crippen molar-refractivity contribution in [3.8, 4) is 5.19 Å². The standard InChI is InChI=1S/C19H22FN3O5S2/c20-13-4-5-15-16(12-13)29-19(21-15)28-14-6-8-22(9-7-14)30(26,27)11-10-23-17(24)2-1-3-18(23)25/h4-5,12,14H,1-3,6-11H2. The van der Waals surface area contributed by atoms with Crippen LogP contribution >= 0.6 is 11.3 Å². The minimum absolute atomic E-state index is 0.0985. The van der Waals surface area contributed by atoms with Crippen molar-refractivity contribution in [2.24, 2.45) is 0 Å². The second-order valence-electron chi connectivity index (χ2n) is 7.42. The number of rotatable bonds is 6. The minimum Gasteiger partial charge on any atom is -0.467 e. The molecule has 2 aliphatic heterocycles. The molecule has 30 heavy (non-hydrogen) atoms. The minimum atomic E-state index is -3.57. The lowest BCUT2D eigenvalue weighted by Crippen LogP contribution is -2.47. The van der Waals surface area contributed by atoms with E-state index in [2.05, 4.69) is 4.98 Å².